The smallest absolute Gasteiger partial charge is 0.318 e. The summed E-state index contributed by atoms with van der Waals surface area (Å²) in [6, 6.07) is 10.8. The molecule has 0 aliphatic heterocycles. The molecule has 24 heavy (non-hydrogen) atoms. The van der Waals surface area contributed by atoms with Gasteiger partial charge in [0, 0.05) is 23.7 Å². The van der Waals surface area contributed by atoms with Crippen molar-refractivity contribution >= 4 is 17.4 Å². The molecule has 1 heterocycles. The van der Waals surface area contributed by atoms with Gasteiger partial charge in [-0.25, -0.2) is 9.78 Å². The van der Waals surface area contributed by atoms with Crippen molar-refractivity contribution in [2.45, 2.75) is 51.2 Å². The van der Waals surface area contributed by atoms with Crippen LogP contribution in [0, 0.1) is 12.8 Å². The maximum atomic E-state index is 12.9. The van der Waals surface area contributed by atoms with E-state index in [0.29, 0.717) is 18.5 Å². The first kappa shape index (κ1) is 15.6. The fourth-order valence-electron chi connectivity index (χ4n) is 3.07. The number of hydrogen-bond acceptors (Lipinski definition) is 3. The third-order valence-electron chi connectivity index (χ3n) is 4.72. The van der Waals surface area contributed by atoms with Crippen LogP contribution in [0.15, 0.2) is 35.7 Å². The Morgan fingerprint density at radius 2 is 2.04 bits per heavy atom. The summed E-state index contributed by atoms with van der Waals surface area (Å²) < 4.78 is 0. The number of benzene rings is 1. The molecule has 0 spiro atoms. The summed E-state index contributed by atoms with van der Waals surface area (Å²) in [7, 11) is 0. The maximum Gasteiger partial charge on any atom is 0.318 e. The lowest BCUT2D eigenvalue weighted by Crippen LogP contribution is -2.43. The SMILES string of the molecule is Cc1csc(C(NC(=O)N(Cc2ccccc2)C2CC2)C2CC2)n1. The molecule has 0 radical (unpaired) electrons. The molecule has 1 aromatic heterocycles. The Bertz CT molecular complexity index is 706. The lowest BCUT2D eigenvalue weighted by Gasteiger charge is -2.26. The van der Waals surface area contributed by atoms with Crippen molar-refractivity contribution in [3.63, 3.8) is 0 Å². The summed E-state index contributed by atoms with van der Waals surface area (Å²) in [5.74, 6) is 0.553. The van der Waals surface area contributed by atoms with Gasteiger partial charge < -0.3 is 10.2 Å². The minimum atomic E-state index is 0.0612. The Morgan fingerprint density at radius 1 is 1.29 bits per heavy atom. The van der Waals surface area contributed by atoms with Crippen LogP contribution in [0.1, 0.15) is 48.0 Å². The highest BCUT2D eigenvalue weighted by molar-refractivity contribution is 7.09. The predicted molar refractivity (Wildman–Crippen MR) is 95.9 cm³/mol. The zero-order valence-electron chi connectivity index (χ0n) is 13.9. The number of carbonyl (C=O) groups excluding carboxylic acids is 1. The molecule has 2 aromatic rings. The van der Waals surface area contributed by atoms with Crippen LogP contribution in [-0.2, 0) is 6.54 Å². The third kappa shape index (κ3) is 3.61. The number of amides is 2. The van der Waals surface area contributed by atoms with Crippen LogP contribution in [0.2, 0.25) is 0 Å². The Morgan fingerprint density at radius 3 is 2.62 bits per heavy atom. The second-order valence-corrected chi connectivity index (χ2v) is 7.83. The summed E-state index contributed by atoms with van der Waals surface area (Å²) in [6.45, 7) is 2.70. The van der Waals surface area contributed by atoms with Gasteiger partial charge in [0.05, 0.1) is 6.04 Å². The van der Waals surface area contributed by atoms with E-state index >= 15 is 0 Å². The number of rotatable bonds is 6. The van der Waals surface area contributed by atoms with Crippen molar-refractivity contribution in [1.29, 1.82) is 0 Å². The highest BCUT2D eigenvalue weighted by Crippen LogP contribution is 2.42. The second kappa shape index (κ2) is 6.55. The first-order valence-electron chi connectivity index (χ1n) is 8.74. The number of thiazole rings is 1. The van der Waals surface area contributed by atoms with Gasteiger partial charge in [-0.15, -0.1) is 11.3 Å². The van der Waals surface area contributed by atoms with E-state index < -0.39 is 0 Å². The predicted octanol–water partition coefficient (Wildman–Crippen LogP) is 4.28. The van der Waals surface area contributed by atoms with E-state index in [1.54, 1.807) is 11.3 Å². The van der Waals surface area contributed by atoms with Crippen LogP contribution < -0.4 is 5.32 Å². The zero-order chi connectivity index (χ0) is 16.5. The van der Waals surface area contributed by atoms with Gasteiger partial charge in [-0.05, 0) is 44.1 Å². The van der Waals surface area contributed by atoms with Crippen LogP contribution in [-0.4, -0.2) is 22.0 Å². The van der Waals surface area contributed by atoms with Crippen LogP contribution in [0.25, 0.3) is 0 Å². The molecular weight excluding hydrogens is 318 g/mol. The Labute approximate surface area is 146 Å². The Balaban J connectivity index is 1.47. The molecule has 126 valence electrons. The minimum Gasteiger partial charge on any atom is -0.328 e. The van der Waals surface area contributed by atoms with E-state index in [-0.39, 0.29) is 12.1 Å². The molecule has 0 saturated heterocycles. The lowest BCUT2D eigenvalue weighted by molar-refractivity contribution is 0.186. The summed E-state index contributed by atoms with van der Waals surface area (Å²) in [4.78, 5) is 19.6. The molecule has 2 saturated carbocycles. The van der Waals surface area contributed by atoms with Crippen LogP contribution in [0.3, 0.4) is 0 Å². The van der Waals surface area contributed by atoms with E-state index in [2.05, 4.69) is 27.8 Å². The molecule has 4 rings (SSSR count). The molecule has 5 heteroatoms. The van der Waals surface area contributed by atoms with Crippen molar-refractivity contribution < 1.29 is 4.79 Å². The minimum absolute atomic E-state index is 0.0612. The largest absolute Gasteiger partial charge is 0.328 e. The first-order chi connectivity index (χ1) is 11.7. The van der Waals surface area contributed by atoms with Gasteiger partial charge in [-0.3, -0.25) is 0 Å². The second-order valence-electron chi connectivity index (χ2n) is 6.94. The van der Waals surface area contributed by atoms with Crippen LogP contribution >= 0.6 is 11.3 Å². The number of nitrogens with one attached hydrogen (secondary N) is 1. The molecule has 2 aliphatic carbocycles. The molecule has 2 aliphatic rings. The first-order valence-corrected chi connectivity index (χ1v) is 9.62. The Kier molecular flexibility index (Phi) is 4.27. The average Bonchev–Trinajstić information content (AvgIpc) is 3.50. The van der Waals surface area contributed by atoms with Crippen molar-refractivity contribution in [1.82, 2.24) is 15.2 Å². The topological polar surface area (TPSA) is 45.2 Å². The molecule has 1 N–H and O–H groups in total. The van der Waals surface area contributed by atoms with Gasteiger partial charge in [0.2, 0.25) is 0 Å². The zero-order valence-corrected chi connectivity index (χ0v) is 14.8. The number of carbonyl (C=O) groups is 1. The van der Waals surface area contributed by atoms with E-state index in [1.165, 1.54) is 18.4 Å². The molecule has 2 amide bonds. The molecule has 2 fully saturated rings. The normalized spacial score (nSPS) is 18.2. The van der Waals surface area contributed by atoms with Crippen molar-refractivity contribution in [2.75, 3.05) is 0 Å². The monoisotopic (exact) mass is 341 g/mol. The summed E-state index contributed by atoms with van der Waals surface area (Å²) in [5.41, 5.74) is 2.23. The number of hydrogen-bond donors (Lipinski definition) is 1. The highest BCUT2D eigenvalue weighted by atomic mass is 32.1. The van der Waals surface area contributed by atoms with Crippen LogP contribution in [0.5, 0.6) is 0 Å². The fourth-order valence-corrected chi connectivity index (χ4v) is 4.01. The quantitative estimate of drug-likeness (QED) is 0.852. The van der Waals surface area contributed by atoms with Crippen molar-refractivity contribution in [2.24, 2.45) is 5.92 Å². The average molecular weight is 341 g/mol. The van der Waals surface area contributed by atoms with E-state index in [4.69, 9.17) is 0 Å². The van der Waals surface area contributed by atoms with Gasteiger partial charge in [-0.2, -0.15) is 0 Å². The molecular formula is C19H23N3OS. The summed E-state index contributed by atoms with van der Waals surface area (Å²) >= 11 is 1.66. The van der Waals surface area contributed by atoms with Gasteiger partial charge >= 0.3 is 6.03 Å². The summed E-state index contributed by atoms with van der Waals surface area (Å²) in [6.07, 6.45) is 4.60. The standard InChI is InChI=1S/C19H23N3OS/c1-13-12-24-18(20-13)17(15-7-8-15)21-19(23)22(16-9-10-16)11-14-5-3-2-4-6-14/h2-6,12,15-17H,7-11H2,1H3,(H,21,23). The van der Waals surface area contributed by atoms with Crippen molar-refractivity contribution in [3.05, 3.63) is 52.0 Å². The van der Waals surface area contributed by atoms with Crippen LogP contribution in [0.4, 0.5) is 4.79 Å². The van der Waals surface area contributed by atoms with Gasteiger partial charge in [-0.1, -0.05) is 30.3 Å². The number of nitrogens with zero attached hydrogens (tertiary/aromatic N) is 2. The third-order valence-corrected chi connectivity index (χ3v) is 5.77. The van der Waals surface area contributed by atoms with E-state index in [1.807, 2.05) is 30.0 Å². The lowest BCUT2D eigenvalue weighted by atomic mass is 10.2. The van der Waals surface area contributed by atoms with Crippen molar-refractivity contribution in [3.8, 4) is 0 Å². The molecule has 0 bridgehead atoms. The summed E-state index contributed by atoms with van der Waals surface area (Å²) in [5, 5.41) is 6.41. The van der Waals surface area contributed by atoms with E-state index in [9.17, 15) is 4.79 Å². The number of aryl methyl sites for hydroxylation is 1. The number of urea groups is 1. The van der Waals surface area contributed by atoms with Gasteiger partial charge in [0.15, 0.2) is 0 Å². The molecule has 1 unspecified atom stereocenters. The van der Waals surface area contributed by atoms with Gasteiger partial charge in [0.1, 0.15) is 5.01 Å². The van der Waals surface area contributed by atoms with E-state index in [0.717, 1.165) is 23.5 Å². The number of aromatic nitrogens is 1. The molecule has 1 atom stereocenters. The van der Waals surface area contributed by atoms with Gasteiger partial charge in [0.25, 0.3) is 0 Å². The molecule has 1 aromatic carbocycles. The highest BCUT2D eigenvalue weighted by Gasteiger charge is 2.38. The maximum absolute atomic E-state index is 12.9. The molecule has 4 nitrogen and oxygen atoms in total. The fraction of sp³-hybridized carbons (Fsp3) is 0.474. The Hall–Kier alpha value is -1.88.